The Morgan fingerprint density at radius 3 is 2.75 bits per heavy atom. The third-order valence-corrected chi connectivity index (χ3v) is 2.95. The van der Waals surface area contributed by atoms with Gasteiger partial charge in [0.25, 0.3) is 5.91 Å². The van der Waals surface area contributed by atoms with Crippen LogP contribution in [0.1, 0.15) is 10.4 Å². The second-order valence-electron chi connectivity index (χ2n) is 4.07. The molecular formula is C14H13ClN2O3. The molecule has 104 valence electrons. The molecule has 5 nitrogen and oxygen atoms in total. The molecule has 0 aliphatic carbocycles. The number of aromatic hydroxyl groups is 1. The van der Waals surface area contributed by atoms with E-state index in [-0.39, 0.29) is 11.3 Å². The smallest absolute Gasteiger partial charge is 0.259 e. The first-order chi connectivity index (χ1) is 9.51. The number of nitrogens with one attached hydrogen (secondary N) is 1. The number of hydrogen-bond acceptors (Lipinski definition) is 4. The summed E-state index contributed by atoms with van der Waals surface area (Å²) in [5, 5.41) is 12.6. The molecule has 6 heteroatoms. The van der Waals surface area contributed by atoms with Gasteiger partial charge in [-0.05, 0) is 30.3 Å². The Morgan fingerprint density at radius 1 is 1.30 bits per heavy atom. The molecule has 4 N–H and O–H groups in total. The molecule has 0 saturated heterocycles. The molecule has 0 atom stereocenters. The summed E-state index contributed by atoms with van der Waals surface area (Å²) in [6.07, 6.45) is 0. The molecule has 2 rings (SSSR count). The van der Waals surface area contributed by atoms with E-state index in [1.807, 2.05) is 0 Å². The third kappa shape index (κ3) is 2.95. The lowest BCUT2D eigenvalue weighted by Crippen LogP contribution is -2.13. The van der Waals surface area contributed by atoms with E-state index in [2.05, 4.69) is 5.32 Å². The fourth-order valence-electron chi connectivity index (χ4n) is 1.65. The number of hydrogen-bond donors (Lipinski definition) is 3. The summed E-state index contributed by atoms with van der Waals surface area (Å²) >= 11 is 5.81. The number of anilines is 2. The molecule has 0 saturated carbocycles. The number of methoxy groups -OCH3 is 1. The Hall–Kier alpha value is -2.40. The first kappa shape index (κ1) is 14.0. The van der Waals surface area contributed by atoms with E-state index < -0.39 is 5.91 Å². The van der Waals surface area contributed by atoms with E-state index in [1.54, 1.807) is 18.2 Å². The minimum Gasteiger partial charge on any atom is -0.507 e. The molecule has 0 aliphatic rings. The molecule has 2 aromatic carbocycles. The summed E-state index contributed by atoms with van der Waals surface area (Å²) in [4.78, 5) is 12.1. The predicted octanol–water partition coefficient (Wildman–Crippen LogP) is 2.89. The molecule has 0 aromatic heterocycles. The predicted molar refractivity (Wildman–Crippen MR) is 78.5 cm³/mol. The highest BCUT2D eigenvalue weighted by Gasteiger charge is 2.13. The van der Waals surface area contributed by atoms with E-state index in [0.717, 1.165) is 0 Å². The van der Waals surface area contributed by atoms with Crippen molar-refractivity contribution in [3.05, 3.63) is 47.0 Å². The van der Waals surface area contributed by atoms with Crippen molar-refractivity contribution in [3.8, 4) is 11.5 Å². The maximum Gasteiger partial charge on any atom is 0.259 e. The van der Waals surface area contributed by atoms with Crippen LogP contribution in [0.5, 0.6) is 11.5 Å². The van der Waals surface area contributed by atoms with Crippen LogP contribution in [-0.2, 0) is 0 Å². The van der Waals surface area contributed by atoms with Gasteiger partial charge in [-0.3, -0.25) is 4.79 Å². The fourth-order valence-corrected chi connectivity index (χ4v) is 1.82. The van der Waals surface area contributed by atoms with Gasteiger partial charge in [0.1, 0.15) is 11.5 Å². The number of nitrogens with two attached hydrogens (primary N) is 1. The molecule has 0 heterocycles. The number of phenolic OH excluding ortho intramolecular Hbond substituents is 1. The van der Waals surface area contributed by atoms with Gasteiger partial charge in [0.2, 0.25) is 0 Å². The van der Waals surface area contributed by atoms with Crippen molar-refractivity contribution in [2.45, 2.75) is 0 Å². The van der Waals surface area contributed by atoms with Gasteiger partial charge in [0.15, 0.2) is 0 Å². The molecule has 20 heavy (non-hydrogen) atoms. The van der Waals surface area contributed by atoms with E-state index >= 15 is 0 Å². The summed E-state index contributed by atoms with van der Waals surface area (Å²) in [6, 6.07) is 9.12. The zero-order chi connectivity index (χ0) is 14.7. The zero-order valence-electron chi connectivity index (χ0n) is 10.7. The zero-order valence-corrected chi connectivity index (χ0v) is 11.4. The number of rotatable bonds is 3. The summed E-state index contributed by atoms with van der Waals surface area (Å²) in [5.41, 5.74) is 6.64. The highest BCUT2D eigenvalue weighted by molar-refractivity contribution is 6.31. The highest BCUT2D eigenvalue weighted by Crippen LogP contribution is 2.27. The van der Waals surface area contributed by atoms with Crippen LogP contribution in [0.15, 0.2) is 36.4 Å². The highest BCUT2D eigenvalue weighted by atomic mass is 35.5. The lowest BCUT2D eigenvalue weighted by atomic mass is 10.1. The summed E-state index contributed by atoms with van der Waals surface area (Å²) in [5.74, 6) is -0.108. The van der Waals surface area contributed by atoms with Crippen LogP contribution in [0.4, 0.5) is 11.4 Å². The molecule has 2 aromatic rings. The number of halogens is 1. The lowest BCUT2D eigenvalue weighted by Gasteiger charge is -2.11. The Kier molecular flexibility index (Phi) is 4.00. The standard InChI is InChI=1S/C14H13ClN2O3/c1-20-9-3-4-11(16)12(7-9)17-14(19)10-6-8(15)2-5-13(10)18/h2-7,18H,16H2,1H3,(H,17,19). The Morgan fingerprint density at radius 2 is 2.05 bits per heavy atom. The Bertz CT molecular complexity index is 659. The maximum atomic E-state index is 12.1. The average Bonchev–Trinajstić information content (AvgIpc) is 2.43. The van der Waals surface area contributed by atoms with E-state index in [4.69, 9.17) is 22.1 Å². The SMILES string of the molecule is COc1ccc(N)c(NC(=O)c2cc(Cl)ccc2O)c1. The van der Waals surface area contributed by atoms with Crippen molar-refractivity contribution < 1.29 is 14.6 Å². The summed E-state index contributed by atoms with van der Waals surface area (Å²) < 4.78 is 5.06. The molecule has 0 unspecified atom stereocenters. The molecule has 0 fully saturated rings. The van der Waals surface area contributed by atoms with Crippen LogP contribution >= 0.6 is 11.6 Å². The van der Waals surface area contributed by atoms with E-state index in [1.165, 1.54) is 25.3 Å². The van der Waals surface area contributed by atoms with Crippen LogP contribution < -0.4 is 15.8 Å². The summed E-state index contributed by atoms with van der Waals surface area (Å²) in [7, 11) is 1.51. The molecule has 0 aliphatic heterocycles. The second kappa shape index (κ2) is 5.71. The molecule has 0 radical (unpaired) electrons. The van der Waals surface area contributed by atoms with E-state index in [0.29, 0.717) is 22.1 Å². The summed E-state index contributed by atoms with van der Waals surface area (Å²) in [6.45, 7) is 0. The number of ether oxygens (including phenoxy) is 1. The van der Waals surface area contributed by atoms with Crippen molar-refractivity contribution in [3.63, 3.8) is 0 Å². The van der Waals surface area contributed by atoms with Crippen LogP contribution in [0, 0.1) is 0 Å². The molecule has 1 amide bonds. The topological polar surface area (TPSA) is 84.6 Å². The van der Waals surface area contributed by atoms with Gasteiger partial charge in [0, 0.05) is 11.1 Å². The van der Waals surface area contributed by atoms with Gasteiger partial charge < -0.3 is 20.9 Å². The van der Waals surface area contributed by atoms with Crippen LogP contribution in [0.25, 0.3) is 0 Å². The van der Waals surface area contributed by atoms with Gasteiger partial charge in [-0.15, -0.1) is 0 Å². The number of phenols is 1. The first-order valence-corrected chi connectivity index (χ1v) is 6.12. The molecular weight excluding hydrogens is 280 g/mol. The van der Waals surface area contributed by atoms with Crippen LogP contribution in [-0.4, -0.2) is 18.1 Å². The third-order valence-electron chi connectivity index (χ3n) is 2.71. The number of benzene rings is 2. The number of nitrogen functional groups attached to an aromatic ring is 1. The second-order valence-corrected chi connectivity index (χ2v) is 4.51. The van der Waals surface area contributed by atoms with Gasteiger partial charge in [-0.1, -0.05) is 11.6 Å². The number of carbonyl (C=O) groups is 1. The van der Waals surface area contributed by atoms with Crippen molar-refractivity contribution in [2.75, 3.05) is 18.2 Å². The molecule has 0 bridgehead atoms. The number of carbonyl (C=O) groups excluding carboxylic acids is 1. The van der Waals surface area contributed by atoms with Gasteiger partial charge in [-0.2, -0.15) is 0 Å². The Balaban J connectivity index is 2.30. The number of amides is 1. The first-order valence-electron chi connectivity index (χ1n) is 5.74. The average molecular weight is 293 g/mol. The molecule has 0 spiro atoms. The maximum absolute atomic E-state index is 12.1. The van der Waals surface area contributed by atoms with Gasteiger partial charge in [-0.25, -0.2) is 0 Å². The quantitative estimate of drug-likeness (QED) is 0.759. The van der Waals surface area contributed by atoms with Gasteiger partial charge >= 0.3 is 0 Å². The largest absolute Gasteiger partial charge is 0.507 e. The van der Waals surface area contributed by atoms with Crippen molar-refractivity contribution in [1.29, 1.82) is 0 Å². The van der Waals surface area contributed by atoms with Crippen LogP contribution in [0.3, 0.4) is 0 Å². The monoisotopic (exact) mass is 292 g/mol. The van der Waals surface area contributed by atoms with Crippen molar-refractivity contribution in [2.24, 2.45) is 0 Å². The minimum absolute atomic E-state index is 0.0692. The normalized spacial score (nSPS) is 10.1. The minimum atomic E-state index is -0.509. The van der Waals surface area contributed by atoms with Gasteiger partial charge in [0.05, 0.1) is 24.0 Å². The van der Waals surface area contributed by atoms with Crippen LogP contribution in [0.2, 0.25) is 5.02 Å². The lowest BCUT2D eigenvalue weighted by molar-refractivity contribution is 0.102. The van der Waals surface area contributed by atoms with Crippen molar-refractivity contribution >= 4 is 28.9 Å². The van der Waals surface area contributed by atoms with Crippen molar-refractivity contribution in [1.82, 2.24) is 0 Å². The fraction of sp³-hybridized carbons (Fsp3) is 0.0714. The Labute approximate surface area is 120 Å². The van der Waals surface area contributed by atoms with E-state index in [9.17, 15) is 9.90 Å².